The first kappa shape index (κ1) is 29.3. The number of alkyl halides is 3. The fraction of sp³-hybridized carbons (Fsp3) is 0.500. The van der Waals surface area contributed by atoms with E-state index in [4.69, 9.17) is 19.6 Å². The van der Waals surface area contributed by atoms with Crippen molar-refractivity contribution in [3.63, 3.8) is 0 Å². The van der Waals surface area contributed by atoms with Gasteiger partial charge < -0.3 is 24.5 Å². The molecule has 1 saturated heterocycles. The van der Waals surface area contributed by atoms with Crippen LogP contribution in [0.3, 0.4) is 0 Å². The van der Waals surface area contributed by atoms with E-state index in [1.54, 1.807) is 33.8 Å². The zero-order chi connectivity index (χ0) is 29.4. The molecule has 0 aliphatic carbocycles. The van der Waals surface area contributed by atoms with Crippen LogP contribution in [0.2, 0.25) is 0 Å². The molecule has 0 bridgehead atoms. The first-order valence-corrected chi connectivity index (χ1v) is 13.1. The van der Waals surface area contributed by atoms with Crippen LogP contribution in [0, 0.1) is 0 Å². The first-order chi connectivity index (χ1) is 18.7. The van der Waals surface area contributed by atoms with Gasteiger partial charge in [-0.1, -0.05) is 6.92 Å². The number of pyridine rings is 1. The average Bonchev–Trinajstić information content (AvgIpc) is 3.54. The number of esters is 1. The molecule has 0 saturated carbocycles. The summed E-state index contributed by atoms with van der Waals surface area (Å²) in [7, 11) is 0. The summed E-state index contributed by atoms with van der Waals surface area (Å²) in [5.74, 6) is -0.798. The van der Waals surface area contributed by atoms with Crippen molar-refractivity contribution < 1.29 is 36.7 Å². The summed E-state index contributed by atoms with van der Waals surface area (Å²) in [6.07, 6.45) is -3.24. The summed E-state index contributed by atoms with van der Waals surface area (Å²) in [5, 5.41) is 0.297. The third kappa shape index (κ3) is 6.06. The van der Waals surface area contributed by atoms with Gasteiger partial charge >= 0.3 is 12.1 Å². The summed E-state index contributed by atoms with van der Waals surface area (Å²) < 4.78 is 57.7. The van der Waals surface area contributed by atoms with Gasteiger partial charge in [-0.3, -0.25) is 4.79 Å². The Bertz CT molecular complexity index is 1410. The number of nitrogens with two attached hydrogens (primary N) is 1. The molecular formula is C28H33F3N4O5. The quantitative estimate of drug-likeness (QED) is 0.375. The molecule has 2 atom stereocenters. The summed E-state index contributed by atoms with van der Waals surface area (Å²) >= 11 is 0. The summed E-state index contributed by atoms with van der Waals surface area (Å²) in [4.78, 5) is 36.0. The smallest absolute Gasteiger partial charge is 0.433 e. The number of hydrogen-bond acceptors (Lipinski definition) is 8. The highest BCUT2D eigenvalue weighted by molar-refractivity contribution is 5.99. The van der Waals surface area contributed by atoms with Gasteiger partial charge in [0.1, 0.15) is 28.6 Å². The Hall–Kier alpha value is -3.67. The number of likely N-dealkylation sites (tertiary alicyclic amines) is 1. The standard InChI is InChI=1S/C28H33F3N4O5/c1-6-15(2)38-19-11-9-17(16-10-12-21(28(29,30)31)33-22(16)19)24-34-23(20(14-32)39-24)25(36)35-13-7-8-18(35)26(37)40-27(3,4)5/h9-12,15,18H,6-8,13-14,32H2,1-5H3/t15?,18-/m0/s1. The molecule has 3 aromatic rings. The lowest BCUT2D eigenvalue weighted by Gasteiger charge is -2.27. The van der Waals surface area contributed by atoms with Crippen molar-refractivity contribution in [3.8, 4) is 17.2 Å². The summed E-state index contributed by atoms with van der Waals surface area (Å²) in [5.41, 5.74) is 4.32. The Morgan fingerprint density at radius 2 is 1.90 bits per heavy atom. The number of carbonyl (C=O) groups is 2. The van der Waals surface area contributed by atoms with Crippen LogP contribution in [0.5, 0.6) is 5.75 Å². The molecule has 0 spiro atoms. The van der Waals surface area contributed by atoms with E-state index >= 15 is 0 Å². The lowest BCUT2D eigenvalue weighted by atomic mass is 10.1. The molecule has 1 fully saturated rings. The molecule has 1 unspecified atom stereocenters. The highest BCUT2D eigenvalue weighted by Gasteiger charge is 2.39. The molecule has 9 nitrogen and oxygen atoms in total. The van der Waals surface area contributed by atoms with Crippen molar-refractivity contribution in [1.29, 1.82) is 0 Å². The van der Waals surface area contributed by atoms with Gasteiger partial charge in [-0.05, 0) is 71.2 Å². The number of ether oxygens (including phenoxy) is 2. The van der Waals surface area contributed by atoms with E-state index in [0.29, 0.717) is 36.8 Å². The van der Waals surface area contributed by atoms with Crippen LogP contribution in [0.15, 0.2) is 28.7 Å². The van der Waals surface area contributed by atoms with Gasteiger partial charge in [-0.2, -0.15) is 13.2 Å². The molecule has 216 valence electrons. The summed E-state index contributed by atoms with van der Waals surface area (Å²) in [6.45, 7) is 9.10. The third-order valence-corrected chi connectivity index (χ3v) is 6.52. The molecule has 40 heavy (non-hydrogen) atoms. The molecule has 2 aromatic heterocycles. The molecule has 1 aromatic carbocycles. The highest BCUT2D eigenvalue weighted by atomic mass is 19.4. The zero-order valence-corrected chi connectivity index (χ0v) is 23.1. The van der Waals surface area contributed by atoms with Crippen molar-refractivity contribution >= 4 is 22.8 Å². The van der Waals surface area contributed by atoms with Crippen molar-refractivity contribution in [2.45, 2.75) is 84.3 Å². The highest BCUT2D eigenvalue weighted by Crippen LogP contribution is 2.38. The van der Waals surface area contributed by atoms with Gasteiger partial charge in [0, 0.05) is 17.5 Å². The van der Waals surface area contributed by atoms with Crippen LogP contribution in [-0.2, 0) is 22.3 Å². The second-order valence-electron chi connectivity index (χ2n) is 10.7. The van der Waals surface area contributed by atoms with Crippen molar-refractivity contribution in [2.24, 2.45) is 5.73 Å². The average molecular weight is 563 g/mol. The molecule has 1 aliphatic heterocycles. The predicted molar refractivity (Wildman–Crippen MR) is 140 cm³/mol. The number of benzene rings is 1. The van der Waals surface area contributed by atoms with Crippen LogP contribution in [0.1, 0.15) is 75.8 Å². The zero-order valence-electron chi connectivity index (χ0n) is 23.1. The minimum Gasteiger partial charge on any atom is -0.488 e. The maximum atomic E-state index is 13.6. The third-order valence-electron chi connectivity index (χ3n) is 6.52. The largest absolute Gasteiger partial charge is 0.488 e. The van der Waals surface area contributed by atoms with Gasteiger partial charge in [0.25, 0.3) is 5.91 Å². The monoisotopic (exact) mass is 562 g/mol. The Kier molecular flexibility index (Phi) is 8.11. The van der Waals surface area contributed by atoms with Gasteiger partial charge in [-0.25, -0.2) is 14.8 Å². The van der Waals surface area contributed by atoms with E-state index in [2.05, 4.69) is 9.97 Å². The Morgan fingerprint density at radius 3 is 2.52 bits per heavy atom. The number of rotatable bonds is 7. The minimum absolute atomic E-state index is 0.0153. The first-order valence-electron chi connectivity index (χ1n) is 13.1. The van der Waals surface area contributed by atoms with Crippen LogP contribution >= 0.6 is 0 Å². The molecule has 1 amide bonds. The lowest BCUT2D eigenvalue weighted by Crippen LogP contribution is -2.44. The fourth-order valence-electron chi connectivity index (χ4n) is 4.46. The van der Waals surface area contributed by atoms with Crippen LogP contribution < -0.4 is 10.5 Å². The molecule has 2 N–H and O–H groups in total. The van der Waals surface area contributed by atoms with Gasteiger partial charge in [0.15, 0.2) is 11.5 Å². The van der Waals surface area contributed by atoms with Crippen molar-refractivity contribution in [2.75, 3.05) is 6.54 Å². The number of fused-ring (bicyclic) bond motifs is 1. The van der Waals surface area contributed by atoms with E-state index in [-0.39, 0.29) is 41.3 Å². The maximum absolute atomic E-state index is 13.6. The van der Waals surface area contributed by atoms with Gasteiger partial charge in [0.05, 0.1) is 12.6 Å². The van der Waals surface area contributed by atoms with E-state index < -0.39 is 35.4 Å². The van der Waals surface area contributed by atoms with E-state index in [0.717, 1.165) is 6.07 Å². The van der Waals surface area contributed by atoms with Crippen LogP contribution in [-0.4, -0.2) is 51.0 Å². The Morgan fingerprint density at radius 1 is 1.18 bits per heavy atom. The molecular weight excluding hydrogens is 529 g/mol. The second kappa shape index (κ2) is 11.1. The second-order valence-corrected chi connectivity index (χ2v) is 10.7. The minimum atomic E-state index is -4.66. The van der Waals surface area contributed by atoms with E-state index in [9.17, 15) is 22.8 Å². The normalized spacial score (nSPS) is 16.8. The lowest BCUT2D eigenvalue weighted by molar-refractivity contribution is -0.159. The van der Waals surface area contributed by atoms with Crippen molar-refractivity contribution in [1.82, 2.24) is 14.9 Å². The topological polar surface area (TPSA) is 121 Å². The fourth-order valence-corrected chi connectivity index (χ4v) is 4.46. The molecule has 3 heterocycles. The number of nitrogens with zero attached hydrogens (tertiary/aromatic N) is 3. The Balaban J connectivity index is 1.76. The molecule has 4 rings (SSSR count). The van der Waals surface area contributed by atoms with E-state index in [1.165, 1.54) is 17.0 Å². The Labute approximate surface area is 229 Å². The number of carbonyl (C=O) groups excluding carboxylic acids is 2. The van der Waals surface area contributed by atoms with Gasteiger partial charge in [0.2, 0.25) is 5.89 Å². The number of oxazole rings is 1. The van der Waals surface area contributed by atoms with Gasteiger partial charge in [-0.15, -0.1) is 0 Å². The molecule has 1 aliphatic rings. The number of hydrogen-bond donors (Lipinski definition) is 1. The molecule has 0 radical (unpaired) electrons. The number of halogens is 3. The van der Waals surface area contributed by atoms with Crippen LogP contribution in [0.4, 0.5) is 13.2 Å². The van der Waals surface area contributed by atoms with E-state index in [1.807, 2.05) is 6.92 Å². The molecule has 12 heteroatoms. The number of aromatic nitrogens is 2. The number of amides is 1. The SMILES string of the molecule is CCC(C)Oc1ccc(-c2nc(C(=O)N3CCC[C@H]3C(=O)OC(C)(C)C)c(CN)o2)c2ccc(C(F)(F)F)nc12. The van der Waals surface area contributed by atoms with Crippen molar-refractivity contribution in [3.05, 3.63) is 41.4 Å². The predicted octanol–water partition coefficient (Wildman–Crippen LogP) is 5.49. The summed E-state index contributed by atoms with van der Waals surface area (Å²) in [6, 6.07) is 4.46. The van der Waals surface area contributed by atoms with Crippen LogP contribution in [0.25, 0.3) is 22.4 Å². The maximum Gasteiger partial charge on any atom is 0.433 e.